The summed E-state index contributed by atoms with van der Waals surface area (Å²) in [6.45, 7) is 2.62. The minimum absolute atomic E-state index is 0.0321. The van der Waals surface area contributed by atoms with E-state index in [-0.39, 0.29) is 11.5 Å². The summed E-state index contributed by atoms with van der Waals surface area (Å²) in [5.74, 6) is 1.03. The van der Waals surface area contributed by atoms with Gasteiger partial charge in [0.05, 0.1) is 11.5 Å². The third kappa shape index (κ3) is 3.68. The number of pyridine rings is 1. The number of benzene rings is 1. The van der Waals surface area contributed by atoms with Crippen LogP contribution in [0.3, 0.4) is 0 Å². The van der Waals surface area contributed by atoms with E-state index in [4.69, 9.17) is 4.74 Å². The molecule has 104 valence electrons. The van der Waals surface area contributed by atoms with E-state index in [0.29, 0.717) is 13.2 Å². The summed E-state index contributed by atoms with van der Waals surface area (Å²) in [6.07, 6.45) is 0. The minimum Gasteiger partial charge on any atom is -0.492 e. The molecule has 2 rings (SSSR count). The highest BCUT2D eigenvalue weighted by Gasteiger charge is 2.14. The molecule has 1 N–H and O–H groups in total. The van der Waals surface area contributed by atoms with Gasteiger partial charge in [0.2, 0.25) is 5.82 Å². The second-order valence-corrected chi connectivity index (χ2v) is 4.17. The molecule has 6 heteroatoms. The predicted octanol–water partition coefficient (Wildman–Crippen LogP) is 2.79. The number of rotatable bonds is 6. The van der Waals surface area contributed by atoms with Crippen LogP contribution >= 0.6 is 0 Å². The Kier molecular flexibility index (Phi) is 4.49. The fraction of sp³-hybridized carbons (Fsp3) is 0.214. The fourth-order valence-corrected chi connectivity index (χ4v) is 1.68. The number of nitro groups is 1. The van der Waals surface area contributed by atoms with Gasteiger partial charge >= 0.3 is 5.69 Å². The van der Waals surface area contributed by atoms with Crippen molar-refractivity contribution in [1.82, 2.24) is 4.98 Å². The average Bonchev–Trinajstić information content (AvgIpc) is 2.44. The highest BCUT2D eigenvalue weighted by Crippen LogP contribution is 2.21. The summed E-state index contributed by atoms with van der Waals surface area (Å²) in [5, 5.41) is 13.8. The van der Waals surface area contributed by atoms with Gasteiger partial charge in [-0.25, -0.2) is 4.98 Å². The lowest BCUT2D eigenvalue weighted by molar-refractivity contribution is -0.384. The lowest BCUT2D eigenvalue weighted by atomic mass is 10.3. The second kappa shape index (κ2) is 6.51. The molecule has 0 spiro atoms. The highest BCUT2D eigenvalue weighted by molar-refractivity contribution is 5.56. The predicted molar refractivity (Wildman–Crippen MR) is 76.1 cm³/mol. The Labute approximate surface area is 116 Å². The number of anilines is 1. The molecule has 0 aliphatic carbocycles. The first-order valence-corrected chi connectivity index (χ1v) is 6.20. The quantitative estimate of drug-likeness (QED) is 0.497. The van der Waals surface area contributed by atoms with Crippen LogP contribution in [-0.4, -0.2) is 23.1 Å². The molecule has 2 aromatic rings. The Balaban J connectivity index is 1.91. The zero-order valence-corrected chi connectivity index (χ0v) is 11.1. The smallest absolute Gasteiger partial charge is 0.311 e. The van der Waals surface area contributed by atoms with Crippen molar-refractivity contribution in [2.24, 2.45) is 0 Å². The molecule has 0 saturated heterocycles. The zero-order chi connectivity index (χ0) is 14.4. The Morgan fingerprint density at radius 2 is 2.00 bits per heavy atom. The van der Waals surface area contributed by atoms with Crippen molar-refractivity contribution in [3.05, 3.63) is 58.3 Å². The molecule has 0 aliphatic rings. The van der Waals surface area contributed by atoms with Crippen molar-refractivity contribution >= 4 is 11.5 Å². The molecule has 1 heterocycles. The van der Waals surface area contributed by atoms with Gasteiger partial charge in [-0.2, -0.15) is 0 Å². The Hall–Kier alpha value is -2.63. The van der Waals surface area contributed by atoms with E-state index in [0.717, 1.165) is 11.4 Å². The van der Waals surface area contributed by atoms with Gasteiger partial charge in [0.25, 0.3) is 0 Å². The molecule has 0 unspecified atom stereocenters. The van der Waals surface area contributed by atoms with Crippen LogP contribution in [0.25, 0.3) is 0 Å². The van der Waals surface area contributed by atoms with Gasteiger partial charge in [-0.05, 0) is 25.1 Å². The third-order valence-electron chi connectivity index (χ3n) is 2.62. The van der Waals surface area contributed by atoms with Crippen molar-refractivity contribution in [2.75, 3.05) is 18.5 Å². The molecular formula is C14H15N3O3. The van der Waals surface area contributed by atoms with Crippen molar-refractivity contribution in [3.8, 4) is 5.75 Å². The van der Waals surface area contributed by atoms with Crippen molar-refractivity contribution in [1.29, 1.82) is 0 Å². The van der Waals surface area contributed by atoms with Gasteiger partial charge in [-0.1, -0.05) is 18.2 Å². The van der Waals surface area contributed by atoms with E-state index in [1.54, 1.807) is 13.0 Å². The normalized spacial score (nSPS) is 10.1. The van der Waals surface area contributed by atoms with Gasteiger partial charge in [0, 0.05) is 11.8 Å². The molecule has 1 aromatic carbocycles. The molecule has 0 saturated carbocycles. The summed E-state index contributed by atoms with van der Waals surface area (Å²) in [6, 6.07) is 12.4. The molecule has 0 amide bonds. The molecule has 0 atom stereocenters. The number of hydrogen-bond acceptors (Lipinski definition) is 5. The molecule has 1 aromatic heterocycles. The van der Waals surface area contributed by atoms with Crippen LogP contribution in [0.5, 0.6) is 5.75 Å². The summed E-state index contributed by atoms with van der Waals surface area (Å²) in [5.41, 5.74) is 0.692. The number of nitrogens with zero attached hydrogens (tertiary/aromatic N) is 2. The first-order chi connectivity index (χ1) is 9.66. The number of ether oxygens (including phenoxy) is 1. The number of para-hydroxylation sites is 1. The molecule has 6 nitrogen and oxygen atoms in total. The van der Waals surface area contributed by atoms with Gasteiger partial charge in [0.1, 0.15) is 12.4 Å². The molecule has 0 radical (unpaired) electrons. The number of aromatic nitrogens is 1. The lowest BCUT2D eigenvalue weighted by Gasteiger charge is -2.08. The summed E-state index contributed by atoms with van der Waals surface area (Å²) in [7, 11) is 0. The number of hydrogen-bond donors (Lipinski definition) is 1. The van der Waals surface area contributed by atoms with Crippen molar-refractivity contribution in [2.45, 2.75) is 6.92 Å². The summed E-state index contributed by atoms with van der Waals surface area (Å²) < 4.78 is 5.50. The molecule has 0 bridgehead atoms. The molecule has 0 fully saturated rings. The maximum absolute atomic E-state index is 10.9. The van der Waals surface area contributed by atoms with E-state index >= 15 is 0 Å². The van der Waals surface area contributed by atoms with Gasteiger partial charge in [-0.3, -0.25) is 10.1 Å². The average molecular weight is 273 g/mol. The van der Waals surface area contributed by atoms with Crippen LogP contribution in [0.1, 0.15) is 5.69 Å². The van der Waals surface area contributed by atoms with Crippen molar-refractivity contribution in [3.63, 3.8) is 0 Å². The first-order valence-electron chi connectivity index (χ1n) is 6.20. The maximum Gasteiger partial charge on any atom is 0.311 e. The largest absolute Gasteiger partial charge is 0.492 e. The molecule has 20 heavy (non-hydrogen) atoms. The first kappa shape index (κ1) is 13.8. The number of aryl methyl sites for hydroxylation is 1. The number of nitrogens with one attached hydrogen (secondary N) is 1. The zero-order valence-electron chi connectivity index (χ0n) is 11.1. The fourth-order valence-electron chi connectivity index (χ4n) is 1.68. The van der Waals surface area contributed by atoms with E-state index in [1.807, 2.05) is 30.3 Å². The standard InChI is InChI=1S/C14H15N3O3/c1-11-7-8-13(17(18)19)14(16-11)15-9-10-20-12-5-3-2-4-6-12/h2-8H,9-10H2,1H3,(H,15,16). The van der Waals surface area contributed by atoms with Crippen LogP contribution in [-0.2, 0) is 0 Å². The summed E-state index contributed by atoms with van der Waals surface area (Å²) in [4.78, 5) is 14.6. The van der Waals surface area contributed by atoms with Crippen LogP contribution < -0.4 is 10.1 Å². The van der Waals surface area contributed by atoms with Crippen LogP contribution in [0, 0.1) is 17.0 Å². The second-order valence-electron chi connectivity index (χ2n) is 4.17. The highest BCUT2D eigenvalue weighted by atomic mass is 16.6. The Bertz CT molecular complexity index is 587. The van der Waals surface area contributed by atoms with E-state index < -0.39 is 4.92 Å². The van der Waals surface area contributed by atoms with E-state index in [9.17, 15) is 10.1 Å². The van der Waals surface area contributed by atoms with Gasteiger partial charge in [0.15, 0.2) is 0 Å². The van der Waals surface area contributed by atoms with E-state index in [2.05, 4.69) is 10.3 Å². The Morgan fingerprint density at radius 3 is 2.70 bits per heavy atom. The van der Waals surface area contributed by atoms with Crippen LogP contribution in [0.15, 0.2) is 42.5 Å². The van der Waals surface area contributed by atoms with Crippen LogP contribution in [0.2, 0.25) is 0 Å². The topological polar surface area (TPSA) is 77.3 Å². The third-order valence-corrected chi connectivity index (χ3v) is 2.62. The Morgan fingerprint density at radius 1 is 1.25 bits per heavy atom. The minimum atomic E-state index is -0.452. The van der Waals surface area contributed by atoms with Crippen molar-refractivity contribution < 1.29 is 9.66 Å². The molecular weight excluding hydrogens is 258 g/mol. The van der Waals surface area contributed by atoms with Crippen LogP contribution in [0.4, 0.5) is 11.5 Å². The lowest BCUT2D eigenvalue weighted by Crippen LogP contribution is -2.13. The monoisotopic (exact) mass is 273 g/mol. The molecule has 0 aliphatic heterocycles. The van der Waals surface area contributed by atoms with Gasteiger partial charge < -0.3 is 10.1 Å². The SMILES string of the molecule is Cc1ccc([N+](=O)[O-])c(NCCOc2ccccc2)n1. The maximum atomic E-state index is 10.9. The van der Waals surface area contributed by atoms with Gasteiger partial charge in [-0.15, -0.1) is 0 Å². The van der Waals surface area contributed by atoms with E-state index in [1.165, 1.54) is 6.07 Å². The summed E-state index contributed by atoms with van der Waals surface area (Å²) >= 11 is 0.